The fraction of sp³-hybridized carbons (Fsp3) is 0.556. The molecule has 0 bridgehead atoms. The van der Waals surface area contributed by atoms with E-state index >= 15 is 0 Å². The summed E-state index contributed by atoms with van der Waals surface area (Å²) in [6.07, 6.45) is -9.89. The molecule has 0 heterocycles. The van der Waals surface area contributed by atoms with E-state index in [-0.39, 0.29) is 25.5 Å². The maximum atomic E-state index is 12.8. The zero-order valence-corrected chi connectivity index (χ0v) is 15.5. The molecule has 0 N–H and O–H groups in total. The SMILES string of the molecule is CCC(C)(C)C(=O)OCCCC(=O)Oc1cc(C(F)(F)F)cc(C(F)(F)F)c1. The van der Waals surface area contributed by atoms with Crippen LogP contribution < -0.4 is 4.74 Å². The van der Waals surface area contributed by atoms with E-state index in [1.165, 1.54) is 0 Å². The van der Waals surface area contributed by atoms with Gasteiger partial charge in [-0.25, -0.2) is 0 Å². The lowest BCUT2D eigenvalue weighted by Crippen LogP contribution is -2.26. The molecule has 0 fully saturated rings. The van der Waals surface area contributed by atoms with Crippen LogP contribution in [0.2, 0.25) is 0 Å². The molecule has 0 unspecified atom stereocenters. The molecule has 4 nitrogen and oxygen atoms in total. The van der Waals surface area contributed by atoms with E-state index in [2.05, 4.69) is 4.74 Å². The molecule has 0 aliphatic rings. The van der Waals surface area contributed by atoms with Gasteiger partial charge >= 0.3 is 24.3 Å². The second-order valence-corrected chi connectivity index (χ2v) is 6.69. The summed E-state index contributed by atoms with van der Waals surface area (Å²) in [4.78, 5) is 23.4. The molecule has 0 saturated carbocycles. The number of hydrogen-bond acceptors (Lipinski definition) is 4. The van der Waals surface area contributed by atoms with Crippen molar-refractivity contribution < 1.29 is 45.4 Å². The summed E-state index contributed by atoms with van der Waals surface area (Å²) in [5.41, 5.74) is -3.87. The lowest BCUT2D eigenvalue weighted by Gasteiger charge is -2.20. The lowest BCUT2D eigenvalue weighted by molar-refractivity contribution is -0.154. The van der Waals surface area contributed by atoms with E-state index in [0.29, 0.717) is 18.6 Å². The van der Waals surface area contributed by atoms with Gasteiger partial charge < -0.3 is 9.47 Å². The second-order valence-electron chi connectivity index (χ2n) is 6.69. The Labute approximate surface area is 157 Å². The molecule has 0 spiro atoms. The van der Waals surface area contributed by atoms with Crippen LogP contribution in [-0.2, 0) is 26.7 Å². The maximum Gasteiger partial charge on any atom is 0.416 e. The van der Waals surface area contributed by atoms with Crippen LogP contribution in [0.1, 0.15) is 51.2 Å². The molecule has 0 atom stereocenters. The Kier molecular flexibility index (Phi) is 7.50. The van der Waals surface area contributed by atoms with Crippen molar-refractivity contribution in [3.8, 4) is 5.75 Å². The Morgan fingerprint density at radius 2 is 1.43 bits per heavy atom. The van der Waals surface area contributed by atoms with Crippen molar-refractivity contribution in [3.63, 3.8) is 0 Å². The number of ether oxygens (including phenoxy) is 2. The van der Waals surface area contributed by atoms with Gasteiger partial charge in [-0.1, -0.05) is 6.92 Å². The van der Waals surface area contributed by atoms with Gasteiger partial charge in [0.25, 0.3) is 0 Å². The zero-order chi connectivity index (χ0) is 21.8. The normalized spacial score (nSPS) is 12.6. The van der Waals surface area contributed by atoms with Gasteiger partial charge in [0.05, 0.1) is 23.1 Å². The minimum absolute atomic E-state index is 0.00938. The molecule has 158 valence electrons. The smallest absolute Gasteiger partial charge is 0.416 e. The van der Waals surface area contributed by atoms with Gasteiger partial charge in [-0.05, 0) is 44.9 Å². The Morgan fingerprint density at radius 3 is 1.86 bits per heavy atom. The Balaban J connectivity index is 2.72. The molecule has 0 aliphatic carbocycles. The van der Waals surface area contributed by atoms with E-state index in [1.807, 2.05) is 0 Å². The standard InChI is InChI=1S/C18H20F6O4/c1-4-16(2,3)15(26)27-7-5-6-14(25)28-13-9-11(17(19,20)21)8-12(10-13)18(22,23)24/h8-10H,4-7H2,1-3H3. The number of alkyl halides is 6. The number of halogens is 6. The number of esters is 2. The van der Waals surface area contributed by atoms with Crippen molar-refractivity contribution in [2.45, 2.75) is 52.4 Å². The van der Waals surface area contributed by atoms with E-state index in [4.69, 9.17) is 4.74 Å². The van der Waals surface area contributed by atoms with Gasteiger partial charge in [0.15, 0.2) is 0 Å². The summed E-state index contributed by atoms with van der Waals surface area (Å²) < 4.78 is 86.2. The predicted molar refractivity (Wildman–Crippen MR) is 86.3 cm³/mol. The Morgan fingerprint density at radius 1 is 0.929 bits per heavy atom. The summed E-state index contributed by atoms with van der Waals surface area (Å²) in [5, 5.41) is 0. The van der Waals surface area contributed by atoms with Crippen LogP contribution in [0.5, 0.6) is 5.75 Å². The number of carbonyl (C=O) groups excluding carboxylic acids is 2. The Hall–Kier alpha value is -2.26. The minimum Gasteiger partial charge on any atom is -0.465 e. The van der Waals surface area contributed by atoms with E-state index in [9.17, 15) is 35.9 Å². The van der Waals surface area contributed by atoms with Gasteiger partial charge in [0, 0.05) is 6.42 Å². The minimum atomic E-state index is -5.04. The van der Waals surface area contributed by atoms with Gasteiger partial charge in [-0.2, -0.15) is 26.3 Å². The Bertz CT molecular complexity index is 675. The maximum absolute atomic E-state index is 12.8. The van der Waals surface area contributed by atoms with Crippen LogP contribution in [0, 0.1) is 5.41 Å². The first kappa shape index (κ1) is 23.8. The average Bonchev–Trinajstić information content (AvgIpc) is 2.56. The molecule has 0 radical (unpaired) electrons. The molecule has 10 heteroatoms. The predicted octanol–water partition coefficient (Wildman–Crippen LogP) is 5.39. The van der Waals surface area contributed by atoms with Crippen molar-refractivity contribution in [1.29, 1.82) is 0 Å². The molecule has 28 heavy (non-hydrogen) atoms. The zero-order valence-electron chi connectivity index (χ0n) is 15.5. The van der Waals surface area contributed by atoms with Gasteiger partial charge in [-0.15, -0.1) is 0 Å². The number of carbonyl (C=O) groups is 2. The molecular formula is C18H20F6O4. The highest BCUT2D eigenvalue weighted by Gasteiger charge is 2.37. The summed E-state index contributed by atoms with van der Waals surface area (Å²) in [5.74, 6) is -2.38. The van der Waals surface area contributed by atoms with Crippen LogP contribution in [0.25, 0.3) is 0 Å². The molecular weight excluding hydrogens is 394 g/mol. The average molecular weight is 414 g/mol. The molecule has 0 amide bonds. The fourth-order valence-electron chi connectivity index (χ4n) is 1.89. The third kappa shape index (κ3) is 7.05. The summed E-state index contributed by atoms with van der Waals surface area (Å²) in [7, 11) is 0. The molecule has 1 aromatic carbocycles. The topological polar surface area (TPSA) is 52.6 Å². The first-order valence-corrected chi connectivity index (χ1v) is 8.34. The van der Waals surface area contributed by atoms with Crippen LogP contribution in [0.3, 0.4) is 0 Å². The highest BCUT2D eigenvalue weighted by Crippen LogP contribution is 2.38. The summed E-state index contributed by atoms with van der Waals surface area (Å²) >= 11 is 0. The highest BCUT2D eigenvalue weighted by molar-refractivity contribution is 5.76. The monoisotopic (exact) mass is 414 g/mol. The van der Waals surface area contributed by atoms with Crippen molar-refractivity contribution in [1.82, 2.24) is 0 Å². The molecule has 0 aliphatic heterocycles. The van der Waals surface area contributed by atoms with Gasteiger partial charge in [0.2, 0.25) is 0 Å². The summed E-state index contributed by atoms with van der Waals surface area (Å²) in [6.45, 7) is 5.02. The van der Waals surface area contributed by atoms with E-state index in [1.54, 1.807) is 20.8 Å². The third-order valence-corrected chi connectivity index (χ3v) is 3.99. The molecule has 0 aromatic heterocycles. The van der Waals surface area contributed by atoms with Crippen molar-refractivity contribution in [3.05, 3.63) is 29.3 Å². The lowest BCUT2D eigenvalue weighted by atomic mass is 9.91. The second kappa shape index (κ2) is 8.83. The van der Waals surface area contributed by atoms with Crippen LogP contribution >= 0.6 is 0 Å². The molecule has 1 aromatic rings. The van der Waals surface area contributed by atoms with Gasteiger partial charge in [-0.3, -0.25) is 9.59 Å². The number of benzene rings is 1. The molecule has 1 rings (SSSR count). The largest absolute Gasteiger partial charge is 0.465 e. The quantitative estimate of drug-likeness (QED) is 0.260. The van der Waals surface area contributed by atoms with Crippen molar-refractivity contribution in [2.75, 3.05) is 6.61 Å². The van der Waals surface area contributed by atoms with Gasteiger partial charge in [0.1, 0.15) is 5.75 Å². The highest BCUT2D eigenvalue weighted by atomic mass is 19.4. The van der Waals surface area contributed by atoms with E-state index in [0.717, 1.165) is 0 Å². The third-order valence-electron chi connectivity index (χ3n) is 3.99. The van der Waals surface area contributed by atoms with Crippen molar-refractivity contribution >= 4 is 11.9 Å². The van der Waals surface area contributed by atoms with Crippen molar-refractivity contribution in [2.24, 2.45) is 5.41 Å². The van der Waals surface area contributed by atoms with E-state index < -0.39 is 46.6 Å². The molecule has 0 saturated heterocycles. The summed E-state index contributed by atoms with van der Waals surface area (Å²) in [6, 6.07) is 0.570. The van der Waals surface area contributed by atoms with Crippen LogP contribution in [0.15, 0.2) is 18.2 Å². The first-order chi connectivity index (χ1) is 12.7. The van der Waals surface area contributed by atoms with Crippen LogP contribution in [-0.4, -0.2) is 18.5 Å². The number of hydrogen-bond donors (Lipinski definition) is 0. The fourth-order valence-corrected chi connectivity index (χ4v) is 1.89. The van der Waals surface area contributed by atoms with Crippen LogP contribution in [0.4, 0.5) is 26.3 Å². The number of rotatable bonds is 7. The first-order valence-electron chi connectivity index (χ1n) is 8.34.